The van der Waals surface area contributed by atoms with Crippen LogP contribution in [0.15, 0.2) is 0 Å². The van der Waals surface area contributed by atoms with E-state index in [0.29, 0.717) is 25.9 Å². The van der Waals surface area contributed by atoms with Crippen molar-refractivity contribution in [3.63, 3.8) is 0 Å². The van der Waals surface area contributed by atoms with E-state index in [1.807, 2.05) is 0 Å². The third kappa shape index (κ3) is 3.21. The summed E-state index contributed by atoms with van der Waals surface area (Å²) < 4.78 is 4.81. The standard InChI is InChI=1S/C11H17N5O3/c1-7(17)16-5-3-8(4-6-16)9(18)12-10-13-11(19-2)15-14-10/h8H,3-6H2,1-2H3,(H2,12,13,14,15,18). The Morgan fingerprint density at radius 3 is 2.63 bits per heavy atom. The third-order valence-electron chi connectivity index (χ3n) is 3.20. The van der Waals surface area contributed by atoms with Crippen molar-refractivity contribution in [3.8, 4) is 6.01 Å². The molecule has 0 unspecified atom stereocenters. The van der Waals surface area contributed by atoms with Gasteiger partial charge in [-0.15, -0.1) is 5.10 Å². The number of aromatic nitrogens is 3. The Morgan fingerprint density at radius 1 is 1.42 bits per heavy atom. The second kappa shape index (κ2) is 5.68. The summed E-state index contributed by atoms with van der Waals surface area (Å²) in [6.07, 6.45) is 1.33. The molecule has 1 aliphatic heterocycles. The van der Waals surface area contributed by atoms with Crippen LogP contribution in [0.4, 0.5) is 5.95 Å². The largest absolute Gasteiger partial charge is 0.466 e. The van der Waals surface area contributed by atoms with Crippen LogP contribution in [-0.2, 0) is 9.59 Å². The molecule has 1 fully saturated rings. The molecule has 2 amide bonds. The molecule has 2 N–H and O–H groups in total. The molecule has 8 nitrogen and oxygen atoms in total. The number of hydrogen-bond donors (Lipinski definition) is 2. The van der Waals surface area contributed by atoms with Gasteiger partial charge in [-0.05, 0) is 12.8 Å². The number of H-pyrrole nitrogens is 1. The molecule has 0 bridgehead atoms. The van der Waals surface area contributed by atoms with Crippen LogP contribution in [0, 0.1) is 5.92 Å². The lowest BCUT2D eigenvalue weighted by Gasteiger charge is -2.30. The second-order valence-corrected chi connectivity index (χ2v) is 4.44. The van der Waals surface area contributed by atoms with Crippen LogP contribution in [0.1, 0.15) is 19.8 Å². The summed E-state index contributed by atoms with van der Waals surface area (Å²) in [6, 6.07) is 0.182. The van der Waals surface area contributed by atoms with Crippen molar-refractivity contribution >= 4 is 17.8 Å². The van der Waals surface area contributed by atoms with Gasteiger partial charge in [-0.1, -0.05) is 0 Å². The predicted octanol–water partition coefficient (Wildman–Crippen LogP) is 0.0103. The average Bonchev–Trinajstić information content (AvgIpc) is 2.86. The van der Waals surface area contributed by atoms with E-state index in [2.05, 4.69) is 20.5 Å². The van der Waals surface area contributed by atoms with Crippen molar-refractivity contribution in [1.82, 2.24) is 20.1 Å². The van der Waals surface area contributed by atoms with Gasteiger partial charge in [0.15, 0.2) is 0 Å². The number of piperidine rings is 1. The molecule has 0 saturated carbocycles. The molecule has 2 heterocycles. The van der Waals surface area contributed by atoms with Crippen molar-refractivity contribution < 1.29 is 14.3 Å². The summed E-state index contributed by atoms with van der Waals surface area (Å²) in [5.41, 5.74) is 0. The fraction of sp³-hybridized carbons (Fsp3) is 0.636. The number of amides is 2. The normalized spacial score (nSPS) is 16.2. The molecular formula is C11H17N5O3. The highest BCUT2D eigenvalue weighted by Crippen LogP contribution is 2.19. The van der Waals surface area contributed by atoms with E-state index in [-0.39, 0.29) is 29.7 Å². The van der Waals surface area contributed by atoms with E-state index in [1.54, 1.807) is 11.8 Å². The van der Waals surface area contributed by atoms with Crippen LogP contribution in [0.5, 0.6) is 6.01 Å². The SMILES string of the molecule is COc1n[nH]c(NC(=O)C2CCN(C(C)=O)CC2)n1. The molecule has 104 valence electrons. The lowest BCUT2D eigenvalue weighted by molar-refractivity contribution is -0.132. The number of aromatic amines is 1. The Balaban J connectivity index is 1.86. The molecular weight excluding hydrogens is 250 g/mol. The van der Waals surface area contributed by atoms with Gasteiger partial charge in [0.05, 0.1) is 7.11 Å². The summed E-state index contributed by atoms with van der Waals surface area (Å²) in [7, 11) is 1.45. The van der Waals surface area contributed by atoms with Gasteiger partial charge in [0.1, 0.15) is 0 Å². The number of carbonyl (C=O) groups excluding carboxylic acids is 2. The maximum atomic E-state index is 12.0. The minimum atomic E-state index is -0.109. The second-order valence-electron chi connectivity index (χ2n) is 4.44. The summed E-state index contributed by atoms with van der Waals surface area (Å²) in [4.78, 5) is 28.9. The fourth-order valence-corrected chi connectivity index (χ4v) is 2.07. The Bertz CT molecular complexity index is 465. The van der Waals surface area contributed by atoms with Crippen molar-refractivity contribution in [2.24, 2.45) is 5.92 Å². The van der Waals surface area contributed by atoms with Gasteiger partial charge in [-0.3, -0.25) is 14.9 Å². The van der Waals surface area contributed by atoms with Crippen LogP contribution >= 0.6 is 0 Å². The minimum absolute atomic E-state index is 0.0545. The highest BCUT2D eigenvalue weighted by molar-refractivity contribution is 5.91. The molecule has 1 aromatic rings. The Morgan fingerprint density at radius 2 is 2.11 bits per heavy atom. The number of anilines is 1. The van der Waals surface area contributed by atoms with Crippen molar-refractivity contribution in [2.75, 3.05) is 25.5 Å². The first-order valence-corrected chi connectivity index (χ1v) is 6.13. The van der Waals surface area contributed by atoms with Crippen LogP contribution in [-0.4, -0.2) is 52.1 Å². The van der Waals surface area contributed by atoms with E-state index in [1.165, 1.54) is 7.11 Å². The predicted molar refractivity (Wildman–Crippen MR) is 66.5 cm³/mol. The Kier molecular flexibility index (Phi) is 3.98. The molecule has 1 saturated heterocycles. The van der Waals surface area contributed by atoms with Gasteiger partial charge in [-0.2, -0.15) is 4.98 Å². The molecule has 0 aromatic carbocycles. The molecule has 0 aliphatic carbocycles. The molecule has 0 spiro atoms. The van der Waals surface area contributed by atoms with Gasteiger partial charge in [0, 0.05) is 25.9 Å². The first-order chi connectivity index (χ1) is 9.10. The van der Waals surface area contributed by atoms with Crippen molar-refractivity contribution in [2.45, 2.75) is 19.8 Å². The maximum absolute atomic E-state index is 12.0. The first kappa shape index (κ1) is 13.3. The van der Waals surface area contributed by atoms with Gasteiger partial charge < -0.3 is 9.64 Å². The number of nitrogens with zero attached hydrogens (tertiary/aromatic N) is 3. The van der Waals surface area contributed by atoms with Crippen LogP contribution in [0.25, 0.3) is 0 Å². The van der Waals surface area contributed by atoms with Crippen molar-refractivity contribution in [3.05, 3.63) is 0 Å². The molecule has 1 aromatic heterocycles. The average molecular weight is 267 g/mol. The molecule has 8 heteroatoms. The van der Waals surface area contributed by atoms with Gasteiger partial charge in [0.2, 0.25) is 17.8 Å². The van der Waals surface area contributed by atoms with Gasteiger partial charge in [0.25, 0.3) is 0 Å². The number of rotatable bonds is 3. The smallest absolute Gasteiger partial charge is 0.336 e. The topological polar surface area (TPSA) is 100 Å². The first-order valence-electron chi connectivity index (χ1n) is 6.13. The lowest BCUT2D eigenvalue weighted by atomic mass is 9.96. The summed E-state index contributed by atoms with van der Waals surface area (Å²) in [6.45, 7) is 2.78. The van der Waals surface area contributed by atoms with Gasteiger partial charge >= 0.3 is 6.01 Å². The van der Waals surface area contributed by atoms with Crippen molar-refractivity contribution in [1.29, 1.82) is 0 Å². The summed E-state index contributed by atoms with van der Waals surface area (Å²) in [5, 5.41) is 8.97. The summed E-state index contributed by atoms with van der Waals surface area (Å²) in [5.74, 6) is 0.114. The number of likely N-dealkylation sites (tertiary alicyclic amines) is 1. The maximum Gasteiger partial charge on any atom is 0.336 e. The third-order valence-corrected chi connectivity index (χ3v) is 3.20. The highest BCUT2D eigenvalue weighted by Gasteiger charge is 2.26. The fourth-order valence-electron chi connectivity index (χ4n) is 2.07. The van der Waals surface area contributed by atoms with Gasteiger partial charge in [-0.25, -0.2) is 5.10 Å². The number of carbonyl (C=O) groups is 2. The lowest BCUT2D eigenvalue weighted by Crippen LogP contribution is -2.40. The molecule has 2 rings (SSSR count). The summed E-state index contributed by atoms with van der Waals surface area (Å²) >= 11 is 0. The minimum Gasteiger partial charge on any atom is -0.466 e. The monoisotopic (exact) mass is 267 g/mol. The van der Waals surface area contributed by atoms with Crippen LogP contribution in [0.3, 0.4) is 0 Å². The zero-order valence-electron chi connectivity index (χ0n) is 11.0. The van der Waals surface area contributed by atoms with Crippen LogP contribution in [0.2, 0.25) is 0 Å². The molecule has 0 atom stereocenters. The highest BCUT2D eigenvalue weighted by atomic mass is 16.5. The number of methoxy groups -OCH3 is 1. The number of nitrogens with one attached hydrogen (secondary N) is 2. The molecule has 1 aliphatic rings. The van der Waals surface area contributed by atoms with Crippen LogP contribution < -0.4 is 10.1 Å². The number of ether oxygens (including phenoxy) is 1. The van der Waals surface area contributed by atoms with E-state index in [0.717, 1.165) is 0 Å². The quantitative estimate of drug-likeness (QED) is 0.803. The van der Waals surface area contributed by atoms with E-state index in [9.17, 15) is 9.59 Å². The van der Waals surface area contributed by atoms with E-state index in [4.69, 9.17) is 4.74 Å². The molecule has 19 heavy (non-hydrogen) atoms. The Labute approximate surface area is 110 Å². The molecule has 0 radical (unpaired) electrons. The Hall–Kier alpha value is -2.12. The number of hydrogen-bond acceptors (Lipinski definition) is 5. The van der Waals surface area contributed by atoms with E-state index >= 15 is 0 Å². The zero-order valence-corrected chi connectivity index (χ0v) is 11.0. The zero-order chi connectivity index (χ0) is 13.8. The van der Waals surface area contributed by atoms with E-state index < -0.39 is 0 Å².